The van der Waals surface area contributed by atoms with E-state index in [2.05, 4.69) is 15.5 Å². The molecule has 0 radical (unpaired) electrons. The standard InChI is InChI=1S/C21H24F2N4O3/c1-30-19-7-6-16(22)12-15(19)13-26-8-10-27(11-9-26)14-20(28)25-21(29)24-18-5-3-2-4-17(18)23/h2-7,12H,8-11,13-14H2,1H3,(H2,24,25,28,29). The van der Waals surface area contributed by atoms with E-state index < -0.39 is 17.8 Å². The van der Waals surface area contributed by atoms with Crippen molar-refractivity contribution in [2.45, 2.75) is 6.54 Å². The zero-order valence-electron chi connectivity index (χ0n) is 16.7. The summed E-state index contributed by atoms with van der Waals surface area (Å²) in [5, 5.41) is 4.52. The minimum atomic E-state index is -0.776. The van der Waals surface area contributed by atoms with E-state index in [0.29, 0.717) is 38.5 Å². The van der Waals surface area contributed by atoms with Crippen LogP contribution in [0.4, 0.5) is 19.3 Å². The number of para-hydroxylation sites is 1. The molecule has 1 fully saturated rings. The van der Waals surface area contributed by atoms with E-state index in [1.165, 1.54) is 30.3 Å². The van der Waals surface area contributed by atoms with Crippen LogP contribution in [0, 0.1) is 11.6 Å². The molecule has 3 rings (SSSR count). The summed E-state index contributed by atoms with van der Waals surface area (Å²) in [5.74, 6) is -0.718. The van der Waals surface area contributed by atoms with Crippen LogP contribution >= 0.6 is 0 Å². The molecule has 7 nitrogen and oxygen atoms in total. The molecule has 9 heteroatoms. The third kappa shape index (κ3) is 5.98. The summed E-state index contributed by atoms with van der Waals surface area (Å²) in [7, 11) is 1.55. The van der Waals surface area contributed by atoms with E-state index in [-0.39, 0.29) is 18.0 Å². The summed E-state index contributed by atoms with van der Waals surface area (Å²) in [6, 6.07) is 9.38. The molecule has 0 atom stereocenters. The van der Waals surface area contributed by atoms with E-state index in [1.807, 2.05) is 4.90 Å². The van der Waals surface area contributed by atoms with Gasteiger partial charge in [0.25, 0.3) is 0 Å². The maximum absolute atomic E-state index is 13.6. The van der Waals surface area contributed by atoms with Gasteiger partial charge in [0.15, 0.2) is 0 Å². The molecule has 1 aliphatic rings. The van der Waals surface area contributed by atoms with Crippen LogP contribution < -0.4 is 15.4 Å². The van der Waals surface area contributed by atoms with Gasteiger partial charge in [-0.15, -0.1) is 0 Å². The first kappa shape index (κ1) is 21.7. The Hall–Kier alpha value is -3.04. The highest BCUT2D eigenvalue weighted by Gasteiger charge is 2.21. The summed E-state index contributed by atoms with van der Waals surface area (Å²) < 4.78 is 32.4. The number of benzene rings is 2. The first-order valence-corrected chi connectivity index (χ1v) is 9.57. The first-order chi connectivity index (χ1) is 14.4. The molecule has 2 aromatic rings. The summed E-state index contributed by atoms with van der Waals surface area (Å²) in [4.78, 5) is 28.1. The van der Waals surface area contributed by atoms with Crippen molar-refractivity contribution in [2.75, 3.05) is 45.2 Å². The summed E-state index contributed by atoms with van der Waals surface area (Å²) >= 11 is 0. The predicted octanol–water partition coefficient (Wildman–Crippen LogP) is 2.44. The van der Waals surface area contributed by atoms with Gasteiger partial charge in [0.1, 0.15) is 17.4 Å². The molecule has 0 spiro atoms. The fourth-order valence-corrected chi connectivity index (χ4v) is 3.30. The Labute approximate surface area is 173 Å². The highest BCUT2D eigenvalue weighted by molar-refractivity contribution is 6.01. The third-order valence-electron chi connectivity index (χ3n) is 4.84. The number of imide groups is 1. The lowest BCUT2D eigenvalue weighted by Crippen LogP contribution is -2.50. The number of nitrogens with zero attached hydrogens (tertiary/aromatic N) is 2. The number of hydrogen-bond donors (Lipinski definition) is 2. The van der Waals surface area contributed by atoms with E-state index in [0.717, 1.165) is 5.56 Å². The maximum Gasteiger partial charge on any atom is 0.326 e. The Bertz CT molecular complexity index is 902. The van der Waals surface area contributed by atoms with Gasteiger partial charge in [0.05, 0.1) is 19.3 Å². The highest BCUT2D eigenvalue weighted by Crippen LogP contribution is 2.21. The number of ether oxygens (including phenoxy) is 1. The molecule has 1 aliphatic heterocycles. The van der Waals surface area contributed by atoms with Gasteiger partial charge < -0.3 is 10.1 Å². The van der Waals surface area contributed by atoms with Crippen LogP contribution in [0.15, 0.2) is 42.5 Å². The highest BCUT2D eigenvalue weighted by atomic mass is 19.1. The first-order valence-electron chi connectivity index (χ1n) is 9.57. The smallest absolute Gasteiger partial charge is 0.326 e. The third-order valence-corrected chi connectivity index (χ3v) is 4.84. The van der Waals surface area contributed by atoms with Crippen molar-refractivity contribution in [3.63, 3.8) is 0 Å². The monoisotopic (exact) mass is 418 g/mol. The second kappa shape index (κ2) is 10.1. The van der Waals surface area contributed by atoms with E-state index >= 15 is 0 Å². The van der Waals surface area contributed by atoms with Gasteiger partial charge in [0.2, 0.25) is 5.91 Å². The van der Waals surface area contributed by atoms with Crippen molar-refractivity contribution < 1.29 is 23.1 Å². The Morgan fingerprint density at radius 3 is 2.43 bits per heavy atom. The summed E-state index contributed by atoms with van der Waals surface area (Å²) in [6.45, 7) is 3.23. The molecular weight excluding hydrogens is 394 g/mol. The molecule has 0 saturated carbocycles. The molecule has 0 aliphatic carbocycles. The van der Waals surface area contributed by atoms with Crippen LogP contribution in [0.25, 0.3) is 0 Å². The molecular formula is C21H24F2N4O3. The lowest BCUT2D eigenvalue weighted by Gasteiger charge is -2.34. The van der Waals surface area contributed by atoms with Crippen LogP contribution in [-0.4, -0.2) is 61.6 Å². The van der Waals surface area contributed by atoms with E-state index in [9.17, 15) is 18.4 Å². The summed E-state index contributed by atoms with van der Waals surface area (Å²) in [5.41, 5.74) is 0.776. The molecule has 1 heterocycles. The van der Waals surface area contributed by atoms with Gasteiger partial charge in [-0.05, 0) is 30.3 Å². The average Bonchev–Trinajstić information content (AvgIpc) is 2.71. The lowest BCUT2D eigenvalue weighted by atomic mass is 10.1. The largest absolute Gasteiger partial charge is 0.496 e. The number of methoxy groups -OCH3 is 1. The van der Waals surface area contributed by atoms with Gasteiger partial charge in [-0.3, -0.25) is 19.9 Å². The van der Waals surface area contributed by atoms with Crippen molar-refractivity contribution in [3.05, 3.63) is 59.7 Å². The Balaban J connectivity index is 1.43. The second-order valence-corrected chi connectivity index (χ2v) is 6.99. The fourth-order valence-electron chi connectivity index (χ4n) is 3.30. The summed E-state index contributed by atoms with van der Waals surface area (Å²) in [6.07, 6.45) is 0. The molecule has 2 aromatic carbocycles. The van der Waals surface area contributed by atoms with E-state index in [4.69, 9.17) is 4.74 Å². The van der Waals surface area contributed by atoms with Crippen LogP contribution in [0.3, 0.4) is 0 Å². The number of carbonyl (C=O) groups excluding carboxylic acids is 2. The van der Waals surface area contributed by atoms with Crippen molar-refractivity contribution in [1.82, 2.24) is 15.1 Å². The quantitative estimate of drug-likeness (QED) is 0.754. The molecule has 1 saturated heterocycles. The van der Waals surface area contributed by atoms with Gasteiger partial charge >= 0.3 is 6.03 Å². The Kier molecular flexibility index (Phi) is 7.31. The van der Waals surface area contributed by atoms with Crippen molar-refractivity contribution in [3.8, 4) is 5.75 Å². The molecule has 0 unspecified atom stereocenters. The maximum atomic E-state index is 13.6. The van der Waals surface area contributed by atoms with Crippen molar-refractivity contribution in [1.29, 1.82) is 0 Å². The van der Waals surface area contributed by atoms with Gasteiger partial charge in [-0.2, -0.15) is 0 Å². The lowest BCUT2D eigenvalue weighted by molar-refractivity contribution is -0.121. The predicted molar refractivity (Wildman–Crippen MR) is 108 cm³/mol. The average molecular weight is 418 g/mol. The number of nitrogens with one attached hydrogen (secondary N) is 2. The zero-order chi connectivity index (χ0) is 21.5. The minimum Gasteiger partial charge on any atom is -0.496 e. The van der Waals surface area contributed by atoms with Crippen LogP contribution in [-0.2, 0) is 11.3 Å². The minimum absolute atomic E-state index is 0.00388. The van der Waals surface area contributed by atoms with Crippen molar-refractivity contribution in [2.24, 2.45) is 0 Å². The number of piperazine rings is 1. The molecule has 2 N–H and O–H groups in total. The zero-order valence-corrected chi connectivity index (χ0v) is 16.7. The second-order valence-electron chi connectivity index (χ2n) is 6.99. The van der Waals surface area contributed by atoms with Crippen LogP contribution in [0.5, 0.6) is 5.75 Å². The molecule has 0 aromatic heterocycles. The van der Waals surface area contributed by atoms with Crippen LogP contribution in [0.2, 0.25) is 0 Å². The van der Waals surface area contributed by atoms with Gasteiger partial charge in [-0.25, -0.2) is 13.6 Å². The number of anilines is 1. The number of halogens is 2. The SMILES string of the molecule is COc1ccc(F)cc1CN1CCN(CC(=O)NC(=O)Nc2ccccc2F)CC1. The van der Waals surface area contributed by atoms with Crippen LogP contribution in [0.1, 0.15) is 5.56 Å². The number of amides is 3. The molecule has 0 bridgehead atoms. The van der Waals surface area contributed by atoms with Gasteiger partial charge in [-0.1, -0.05) is 12.1 Å². The van der Waals surface area contributed by atoms with E-state index in [1.54, 1.807) is 19.2 Å². The Morgan fingerprint density at radius 2 is 1.73 bits per heavy atom. The fraction of sp³-hybridized carbons (Fsp3) is 0.333. The number of hydrogen-bond acceptors (Lipinski definition) is 5. The number of urea groups is 1. The number of carbonyl (C=O) groups is 2. The molecule has 160 valence electrons. The topological polar surface area (TPSA) is 73.9 Å². The molecule has 3 amide bonds. The van der Waals surface area contributed by atoms with Crippen molar-refractivity contribution >= 4 is 17.6 Å². The number of rotatable bonds is 6. The Morgan fingerprint density at radius 1 is 1.03 bits per heavy atom. The normalized spacial score (nSPS) is 14.9. The molecule has 30 heavy (non-hydrogen) atoms. The van der Waals surface area contributed by atoms with Gasteiger partial charge in [0, 0.05) is 38.3 Å².